The number of aromatic nitrogens is 1. The van der Waals surface area contributed by atoms with Gasteiger partial charge in [0, 0.05) is 24.5 Å². The van der Waals surface area contributed by atoms with Crippen molar-refractivity contribution in [1.82, 2.24) is 4.57 Å². The third kappa shape index (κ3) is 2.92. The van der Waals surface area contributed by atoms with E-state index in [2.05, 4.69) is 4.99 Å². The smallest absolute Gasteiger partial charge is 0.215 e. The molecule has 0 saturated heterocycles. The van der Waals surface area contributed by atoms with Crippen LogP contribution in [0.4, 0.5) is 5.69 Å². The van der Waals surface area contributed by atoms with Gasteiger partial charge >= 0.3 is 0 Å². The molecule has 3 N–H and O–H groups in total. The molecule has 1 aromatic heterocycles. The number of rotatable bonds is 2. The molecule has 0 spiro atoms. The predicted molar refractivity (Wildman–Crippen MR) is 107 cm³/mol. The standard InChI is InChI=1S/C21H22N4O/c1-12-10-17(19(23)13(2)18(12)22)24-20-14(3)25(4)11-16(21(20)26)15-8-6-5-7-9-15/h5-11,22H,23H2,1-4H3. The molecule has 0 saturated carbocycles. The van der Waals surface area contributed by atoms with Crippen LogP contribution in [0.15, 0.2) is 69.2 Å². The van der Waals surface area contributed by atoms with Crippen molar-refractivity contribution in [3.05, 3.63) is 75.4 Å². The van der Waals surface area contributed by atoms with Crippen LogP contribution in [-0.2, 0) is 7.05 Å². The average molecular weight is 346 g/mol. The van der Waals surface area contributed by atoms with E-state index in [-0.39, 0.29) is 5.43 Å². The fourth-order valence-electron chi connectivity index (χ4n) is 2.95. The van der Waals surface area contributed by atoms with Crippen molar-refractivity contribution in [2.45, 2.75) is 20.8 Å². The van der Waals surface area contributed by atoms with Gasteiger partial charge in [-0.3, -0.25) is 4.79 Å². The second-order valence-electron chi connectivity index (χ2n) is 6.52. The summed E-state index contributed by atoms with van der Waals surface area (Å²) in [6.07, 6.45) is 3.59. The van der Waals surface area contributed by atoms with Crippen LogP contribution in [0.3, 0.4) is 0 Å². The van der Waals surface area contributed by atoms with Gasteiger partial charge < -0.3 is 15.7 Å². The lowest BCUT2D eigenvalue weighted by Crippen LogP contribution is -2.22. The fraction of sp³-hybridized carbons (Fsp3) is 0.190. The van der Waals surface area contributed by atoms with Crippen LogP contribution in [0.25, 0.3) is 11.1 Å². The van der Waals surface area contributed by atoms with Gasteiger partial charge in [-0.2, -0.15) is 0 Å². The van der Waals surface area contributed by atoms with Gasteiger partial charge in [0.15, 0.2) is 0 Å². The Bertz CT molecular complexity index is 1050. The van der Waals surface area contributed by atoms with Crippen LogP contribution >= 0.6 is 0 Å². The third-order valence-electron chi connectivity index (χ3n) is 4.77. The molecular formula is C21H22N4O. The molecule has 1 aromatic carbocycles. The predicted octanol–water partition coefficient (Wildman–Crippen LogP) is 3.65. The Hall–Kier alpha value is -3.21. The molecule has 0 aliphatic heterocycles. The Labute approximate surface area is 152 Å². The number of nitrogens with one attached hydrogen (secondary N) is 1. The normalized spacial score (nSPS) is 16.2. The Morgan fingerprint density at radius 3 is 2.42 bits per heavy atom. The summed E-state index contributed by atoms with van der Waals surface area (Å²) in [5.74, 6) is 0. The molecule has 0 unspecified atom stereocenters. The van der Waals surface area contributed by atoms with Crippen molar-refractivity contribution < 1.29 is 0 Å². The van der Waals surface area contributed by atoms with Crippen LogP contribution in [0.2, 0.25) is 0 Å². The van der Waals surface area contributed by atoms with E-state index >= 15 is 0 Å². The number of nitrogens with two attached hydrogens (primary N) is 1. The quantitative estimate of drug-likeness (QED) is 0.814. The number of nitrogens with zero attached hydrogens (tertiary/aromatic N) is 2. The molecule has 5 nitrogen and oxygen atoms in total. The number of allylic oxidation sites excluding steroid dienone is 3. The zero-order valence-corrected chi connectivity index (χ0v) is 15.4. The van der Waals surface area contributed by atoms with Crippen molar-refractivity contribution in [3.8, 4) is 11.1 Å². The summed E-state index contributed by atoms with van der Waals surface area (Å²) in [4.78, 5) is 17.7. The lowest BCUT2D eigenvalue weighted by Gasteiger charge is -2.17. The first-order valence-electron chi connectivity index (χ1n) is 8.40. The van der Waals surface area contributed by atoms with Crippen molar-refractivity contribution in [3.63, 3.8) is 0 Å². The minimum atomic E-state index is -0.128. The molecule has 26 heavy (non-hydrogen) atoms. The molecule has 0 atom stereocenters. The third-order valence-corrected chi connectivity index (χ3v) is 4.77. The van der Waals surface area contributed by atoms with Crippen LogP contribution in [0, 0.1) is 12.3 Å². The Morgan fingerprint density at radius 1 is 1.12 bits per heavy atom. The Balaban J connectivity index is 2.25. The molecule has 1 heterocycles. The van der Waals surface area contributed by atoms with Gasteiger partial charge in [0.2, 0.25) is 5.43 Å². The highest BCUT2D eigenvalue weighted by Crippen LogP contribution is 2.24. The Morgan fingerprint density at radius 2 is 1.77 bits per heavy atom. The van der Waals surface area contributed by atoms with E-state index < -0.39 is 0 Å². The lowest BCUT2D eigenvalue weighted by atomic mass is 9.94. The maximum absolute atomic E-state index is 13.1. The minimum Gasteiger partial charge on any atom is -0.397 e. The van der Waals surface area contributed by atoms with Crippen LogP contribution < -0.4 is 11.2 Å². The molecule has 3 rings (SSSR count). The summed E-state index contributed by atoms with van der Waals surface area (Å²) in [6.45, 7) is 5.51. The average Bonchev–Trinajstić information content (AvgIpc) is 2.64. The molecule has 0 fully saturated rings. The number of hydrogen-bond donors (Lipinski definition) is 2. The summed E-state index contributed by atoms with van der Waals surface area (Å²) in [5, 5.41) is 8.04. The van der Waals surface area contributed by atoms with Crippen molar-refractivity contribution in [1.29, 1.82) is 5.41 Å². The lowest BCUT2D eigenvalue weighted by molar-refractivity contribution is 0.855. The molecule has 2 aromatic rings. The molecule has 1 aliphatic carbocycles. The van der Waals surface area contributed by atoms with Gasteiger partial charge in [-0.05, 0) is 43.6 Å². The summed E-state index contributed by atoms with van der Waals surface area (Å²) in [7, 11) is 1.90. The van der Waals surface area contributed by atoms with Crippen LogP contribution in [-0.4, -0.2) is 16.0 Å². The summed E-state index contributed by atoms with van der Waals surface area (Å²) < 4.78 is 1.90. The zero-order valence-electron chi connectivity index (χ0n) is 15.4. The number of hydrogen-bond acceptors (Lipinski definition) is 4. The first-order valence-corrected chi connectivity index (χ1v) is 8.40. The van der Waals surface area contributed by atoms with Gasteiger partial charge in [0.1, 0.15) is 5.69 Å². The van der Waals surface area contributed by atoms with E-state index in [0.29, 0.717) is 33.9 Å². The SMILES string of the molecule is CC1=CC(=Nc2c(C)n(C)cc(-c3ccccc3)c2=O)C(N)=C(C)C1=N. The second kappa shape index (κ2) is 6.59. The van der Waals surface area contributed by atoms with Crippen LogP contribution in [0.5, 0.6) is 0 Å². The van der Waals surface area contributed by atoms with Gasteiger partial charge in [0.25, 0.3) is 0 Å². The van der Waals surface area contributed by atoms with Gasteiger partial charge in [-0.15, -0.1) is 0 Å². The topological polar surface area (TPSA) is 84.2 Å². The number of aliphatic imine (C=N–C) groups is 1. The van der Waals surface area contributed by atoms with Gasteiger partial charge in [0.05, 0.1) is 17.1 Å². The van der Waals surface area contributed by atoms with Gasteiger partial charge in [-0.1, -0.05) is 30.3 Å². The molecule has 0 amide bonds. The molecular weight excluding hydrogens is 324 g/mol. The minimum absolute atomic E-state index is 0.128. The van der Waals surface area contributed by atoms with E-state index in [1.165, 1.54) is 0 Å². The molecule has 0 radical (unpaired) electrons. The highest BCUT2D eigenvalue weighted by atomic mass is 16.1. The molecule has 1 aliphatic rings. The van der Waals surface area contributed by atoms with Crippen molar-refractivity contribution in [2.24, 2.45) is 17.8 Å². The first-order chi connectivity index (χ1) is 12.3. The number of aryl methyl sites for hydroxylation is 1. The van der Waals surface area contributed by atoms with E-state index in [4.69, 9.17) is 11.1 Å². The largest absolute Gasteiger partial charge is 0.397 e. The number of benzene rings is 1. The summed E-state index contributed by atoms with van der Waals surface area (Å²) in [5.41, 5.74) is 11.5. The molecule has 132 valence electrons. The maximum Gasteiger partial charge on any atom is 0.215 e. The maximum atomic E-state index is 13.1. The fourth-order valence-corrected chi connectivity index (χ4v) is 2.95. The van der Waals surface area contributed by atoms with E-state index in [1.807, 2.05) is 62.0 Å². The van der Waals surface area contributed by atoms with Crippen molar-refractivity contribution in [2.75, 3.05) is 0 Å². The summed E-state index contributed by atoms with van der Waals surface area (Å²) >= 11 is 0. The highest BCUT2D eigenvalue weighted by Gasteiger charge is 2.19. The van der Waals surface area contributed by atoms with Gasteiger partial charge in [-0.25, -0.2) is 4.99 Å². The van der Waals surface area contributed by atoms with E-state index in [1.54, 1.807) is 13.0 Å². The second-order valence-corrected chi connectivity index (χ2v) is 6.52. The Kier molecular flexibility index (Phi) is 4.47. The van der Waals surface area contributed by atoms with Crippen molar-refractivity contribution >= 4 is 17.1 Å². The monoisotopic (exact) mass is 346 g/mol. The number of pyridine rings is 1. The first kappa shape index (κ1) is 17.6. The van der Waals surface area contributed by atoms with Crippen LogP contribution in [0.1, 0.15) is 19.5 Å². The summed E-state index contributed by atoms with van der Waals surface area (Å²) in [6, 6.07) is 9.55. The van der Waals surface area contributed by atoms with E-state index in [9.17, 15) is 4.79 Å². The van der Waals surface area contributed by atoms with E-state index in [0.717, 1.165) is 16.8 Å². The highest BCUT2D eigenvalue weighted by molar-refractivity contribution is 6.25. The zero-order chi connectivity index (χ0) is 19.0. The molecule has 0 bridgehead atoms. The molecule has 5 heteroatoms.